The molecule has 116 valence electrons. The molecule has 1 aliphatic heterocycles. The molecule has 6 nitrogen and oxygen atoms in total. The maximum absolute atomic E-state index is 10.8. The van der Waals surface area contributed by atoms with Crippen LogP contribution in [0.25, 0.3) is 0 Å². The van der Waals surface area contributed by atoms with Gasteiger partial charge in [0.25, 0.3) is 0 Å². The first-order valence-corrected chi connectivity index (χ1v) is 6.56. The fraction of sp³-hybridized carbons (Fsp3) is 0.692. The van der Waals surface area contributed by atoms with Gasteiger partial charge in [-0.2, -0.15) is 0 Å². The Morgan fingerprint density at radius 1 is 1.10 bits per heavy atom. The van der Waals surface area contributed by atoms with Crippen molar-refractivity contribution in [3.05, 3.63) is 11.6 Å². The van der Waals surface area contributed by atoms with Gasteiger partial charge in [-0.05, 0) is 25.8 Å². The number of carboxylic acids is 2. The molecule has 0 unspecified atom stereocenters. The number of ether oxygens (including phenoxy) is 1. The minimum absolute atomic E-state index is 0. The highest BCUT2D eigenvalue weighted by molar-refractivity contribution is 5.94. The van der Waals surface area contributed by atoms with E-state index in [9.17, 15) is 9.59 Å². The summed E-state index contributed by atoms with van der Waals surface area (Å²) in [7, 11) is 0. The summed E-state index contributed by atoms with van der Waals surface area (Å²) in [4.78, 5) is 23.6. The topological polar surface area (TPSA) is 87.1 Å². The summed E-state index contributed by atoms with van der Waals surface area (Å²) < 4.78 is 5.25. The van der Waals surface area contributed by atoms with Gasteiger partial charge < -0.3 is 14.9 Å². The Kier molecular flexibility index (Phi) is 10.1. The molecular formula is C13H22ClNO5. The molecule has 0 aliphatic carbocycles. The second-order valence-electron chi connectivity index (χ2n) is 4.58. The SMILES string of the molecule is Cl.O=C(O)/C=C(\CCCCCN1CCOCC1)C(=O)O. The van der Waals surface area contributed by atoms with E-state index in [0.29, 0.717) is 12.8 Å². The van der Waals surface area contributed by atoms with Crippen molar-refractivity contribution in [2.45, 2.75) is 25.7 Å². The van der Waals surface area contributed by atoms with Crippen LogP contribution in [0.1, 0.15) is 25.7 Å². The lowest BCUT2D eigenvalue weighted by atomic mass is 10.1. The summed E-state index contributed by atoms with van der Waals surface area (Å²) in [5.74, 6) is -2.35. The maximum Gasteiger partial charge on any atom is 0.331 e. The van der Waals surface area contributed by atoms with E-state index in [4.69, 9.17) is 14.9 Å². The second kappa shape index (κ2) is 10.7. The Labute approximate surface area is 124 Å². The zero-order valence-corrected chi connectivity index (χ0v) is 12.2. The normalized spacial score (nSPS) is 16.5. The molecule has 0 aromatic rings. The molecule has 0 atom stereocenters. The van der Waals surface area contributed by atoms with E-state index in [0.717, 1.165) is 51.8 Å². The van der Waals surface area contributed by atoms with Crippen molar-refractivity contribution in [2.75, 3.05) is 32.8 Å². The molecule has 7 heteroatoms. The van der Waals surface area contributed by atoms with E-state index in [2.05, 4.69) is 4.90 Å². The quantitative estimate of drug-likeness (QED) is 0.520. The summed E-state index contributed by atoms with van der Waals surface area (Å²) >= 11 is 0. The first kappa shape index (κ1) is 18.9. The summed E-state index contributed by atoms with van der Waals surface area (Å²) in [6, 6.07) is 0. The van der Waals surface area contributed by atoms with Crippen LogP contribution in [0.3, 0.4) is 0 Å². The van der Waals surface area contributed by atoms with Gasteiger partial charge in [-0.15, -0.1) is 12.4 Å². The van der Waals surface area contributed by atoms with Gasteiger partial charge >= 0.3 is 11.9 Å². The van der Waals surface area contributed by atoms with Crippen LogP contribution in [0, 0.1) is 0 Å². The summed E-state index contributed by atoms with van der Waals surface area (Å²) in [5.41, 5.74) is -0.0288. The zero-order chi connectivity index (χ0) is 14.1. The second-order valence-corrected chi connectivity index (χ2v) is 4.58. The lowest BCUT2D eigenvalue weighted by molar-refractivity contribution is -0.135. The predicted molar refractivity (Wildman–Crippen MR) is 76.3 cm³/mol. The van der Waals surface area contributed by atoms with Crippen LogP contribution in [0.4, 0.5) is 0 Å². The van der Waals surface area contributed by atoms with E-state index in [1.54, 1.807) is 0 Å². The van der Waals surface area contributed by atoms with Crippen molar-refractivity contribution in [3.63, 3.8) is 0 Å². The Hall–Kier alpha value is -1.11. The number of morpholine rings is 1. The minimum Gasteiger partial charge on any atom is -0.478 e. The third-order valence-electron chi connectivity index (χ3n) is 3.10. The van der Waals surface area contributed by atoms with Crippen LogP contribution in [0.2, 0.25) is 0 Å². The fourth-order valence-corrected chi connectivity index (χ4v) is 2.04. The molecule has 0 bridgehead atoms. The van der Waals surface area contributed by atoms with Gasteiger partial charge in [0.05, 0.1) is 13.2 Å². The molecule has 0 radical (unpaired) electrons. The molecule has 0 saturated carbocycles. The average molecular weight is 308 g/mol. The molecule has 2 N–H and O–H groups in total. The van der Waals surface area contributed by atoms with Crippen LogP contribution < -0.4 is 0 Å². The lowest BCUT2D eigenvalue weighted by Crippen LogP contribution is -2.36. The predicted octanol–water partition coefficient (Wildman–Crippen LogP) is 1.40. The van der Waals surface area contributed by atoms with Gasteiger partial charge in [0.1, 0.15) is 0 Å². The number of carboxylic acid groups (broad SMARTS) is 2. The van der Waals surface area contributed by atoms with E-state index >= 15 is 0 Å². The number of unbranched alkanes of at least 4 members (excludes halogenated alkanes) is 2. The van der Waals surface area contributed by atoms with Crippen molar-refractivity contribution >= 4 is 24.3 Å². The first-order chi connectivity index (χ1) is 9.09. The van der Waals surface area contributed by atoms with Crippen LogP contribution >= 0.6 is 12.4 Å². The third kappa shape index (κ3) is 8.14. The molecule has 1 aliphatic rings. The number of nitrogens with zero attached hydrogens (tertiary/aromatic N) is 1. The highest BCUT2D eigenvalue weighted by Crippen LogP contribution is 2.10. The van der Waals surface area contributed by atoms with Gasteiger partial charge in [-0.25, -0.2) is 9.59 Å². The fourth-order valence-electron chi connectivity index (χ4n) is 2.04. The summed E-state index contributed by atoms with van der Waals surface area (Å²) in [6.45, 7) is 4.47. The molecule has 0 amide bonds. The monoisotopic (exact) mass is 307 g/mol. The average Bonchev–Trinajstić information content (AvgIpc) is 2.37. The Bertz CT molecular complexity index is 340. The molecule has 1 rings (SSSR count). The summed E-state index contributed by atoms with van der Waals surface area (Å²) in [6.07, 6.45) is 3.70. The number of hydrogen-bond acceptors (Lipinski definition) is 4. The van der Waals surface area contributed by atoms with Gasteiger partial charge in [-0.3, -0.25) is 4.90 Å². The van der Waals surface area contributed by atoms with Crippen LogP contribution in [-0.4, -0.2) is 59.9 Å². The number of halogens is 1. The van der Waals surface area contributed by atoms with Crippen molar-refractivity contribution < 1.29 is 24.5 Å². The number of aliphatic carboxylic acids is 2. The Balaban J connectivity index is 0.00000361. The third-order valence-corrected chi connectivity index (χ3v) is 3.10. The zero-order valence-electron chi connectivity index (χ0n) is 11.4. The van der Waals surface area contributed by atoms with Crippen LogP contribution in [-0.2, 0) is 14.3 Å². The molecule has 20 heavy (non-hydrogen) atoms. The Morgan fingerprint density at radius 3 is 2.30 bits per heavy atom. The Morgan fingerprint density at radius 2 is 1.75 bits per heavy atom. The molecule has 1 fully saturated rings. The van der Waals surface area contributed by atoms with Crippen molar-refractivity contribution in [1.82, 2.24) is 4.90 Å². The standard InChI is InChI=1S/C13H21NO5.ClH/c15-12(16)10-11(13(17)18)4-2-1-3-5-14-6-8-19-9-7-14;/h10H,1-9H2,(H,15,16)(H,17,18);1H/b11-10+;. The number of hydrogen-bond donors (Lipinski definition) is 2. The molecule has 1 heterocycles. The molecule has 1 saturated heterocycles. The largest absolute Gasteiger partial charge is 0.478 e. The van der Waals surface area contributed by atoms with E-state index in [-0.39, 0.29) is 18.0 Å². The molecular weight excluding hydrogens is 286 g/mol. The molecule has 0 spiro atoms. The van der Waals surface area contributed by atoms with E-state index in [1.165, 1.54) is 0 Å². The minimum atomic E-state index is -1.20. The highest BCUT2D eigenvalue weighted by Gasteiger charge is 2.11. The van der Waals surface area contributed by atoms with Gasteiger partial charge in [0.2, 0.25) is 0 Å². The van der Waals surface area contributed by atoms with Crippen LogP contribution in [0.5, 0.6) is 0 Å². The maximum atomic E-state index is 10.8. The van der Waals surface area contributed by atoms with Gasteiger partial charge in [-0.1, -0.05) is 6.42 Å². The summed E-state index contributed by atoms with van der Waals surface area (Å²) in [5, 5.41) is 17.4. The van der Waals surface area contributed by atoms with E-state index < -0.39 is 11.9 Å². The number of carbonyl (C=O) groups is 2. The van der Waals surface area contributed by atoms with Crippen molar-refractivity contribution in [1.29, 1.82) is 0 Å². The first-order valence-electron chi connectivity index (χ1n) is 6.56. The van der Waals surface area contributed by atoms with E-state index in [1.807, 2.05) is 0 Å². The molecule has 0 aromatic carbocycles. The number of rotatable bonds is 8. The van der Waals surface area contributed by atoms with Gasteiger partial charge in [0.15, 0.2) is 0 Å². The lowest BCUT2D eigenvalue weighted by Gasteiger charge is -2.26. The van der Waals surface area contributed by atoms with Crippen LogP contribution in [0.15, 0.2) is 11.6 Å². The smallest absolute Gasteiger partial charge is 0.331 e. The molecule has 0 aromatic heterocycles. The van der Waals surface area contributed by atoms with Gasteiger partial charge in [0, 0.05) is 24.7 Å². The highest BCUT2D eigenvalue weighted by atomic mass is 35.5. The van der Waals surface area contributed by atoms with Crippen molar-refractivity contribution in [2.24, 2.45) is 0 Å². The van der Waals surface area contributed by atoms with Crippen molar-refractivity contribution in [3.8, 4) is 0 Å².